The van der Waals surface area contributed by atoms with Gasteiger partial charge in [-0.05, 0) is 35.6 Å². The van der Waals surface area contributed by atoms with E-state index >= 15 is 0 Å². The van der Waals surface area contributed by atoms with Crippen molar-refractivity contribution in [2.75, 3.05) is 13.7 Å². The molecular formula is C18H21NO. The molecule has 1 unspecified atom stereocenters. The Hall–Kier alpha value is -1.64. The lowest BCUT2D eigenvalue weighted by Gasteiger charge is -2.30. The highest BCUT2D eigenvalue weighted by Crippen LogP contribution is 2.34. The second kappa shape index (κ2) is 5.78. The number of ether oxygens (including phenoxy) is 1. The first-order valence-corrected chi connectivity index (χ1v) is 7.21. The topological polar surface area (TPSA) is 21.3 Å². The largest absolute Gasteiger partial charge is 0.380 e. The molecule has 3 rings (SSSR count). The molecule has 0 bridgehead atoms. The van der Waals surface area contributed by atoms with Gasteiger partial charge in [-0.15, -0.1) is 0 Å². The minimum atomic E-state index is 0.219. The number of hydrogen-bond donors (Lipinski definition) is 1. The summed E-state index contributed by atoms with van der Waals surface area (Å²) in [6.45, 7) is 2.94. The van der Waals surface area contributed by atoms with Gasteiger partial charge in [-0.1, -0.05) is 48.5 Å². The van der Waals surface area contributed by atoms with Gasteiger partial charge in [-0.25, -0.2) is 0 Å². The van der Waals surface area contributed by atoms with Crippen LogP contribution >= 0.6 is 0 Å². The molecule has 2 nitrogen and oxygen atoms in total. The first kappa shape index (κ1) is 13.3. The molecule has 0 saturated carbocycles. The van der Waals surface area contributed by atoms with E-state index in [4.69, 9.17) is 4.74 Å². The first-order valence-electron chi connectivity index (χ1n) is 7.21. The van der Waals surface area contributed by atoms with Crippen molar-refractivity contribution in [2.24, 2.45) is 0 Å². The Morgan fingerprint density at radius 2 is 1.60 bits per heavy atom. The van der Waals surface area contributed by atoms with E-state index in [9.17, 15) is 0 Å². The lowest BCUT2D eigenvalue weighted by molar-refractivity contribution is 0.115. The van der Waals surface area contributed by atoms with Crippen LogP contribution in [0.15, 0.2) is 48.5 Å². The minimum Gasteiger partial charge on any atom is -0.380 e. The van der Waals surface area contributed by atoms with Crippen LogP contribution in [0.25, 0.3) is 0 Å². The van der Waals surface area contributed by atoms with Gasteiger partial charge in [0.1, 0.15) is 0 Å². The summed E-state index contributed by atoms with van der Waals surface area (Å²) in [5.41, 5.74) is 5.64. The molecule has 0 aromatic heterocycles. The highest BCUT2D eigenvalue weighted by Gasteiger charge is 2.24. The molecule has 104 valence electrons. The van der Waals surface area contributed by atoms with E-state index in [-0.39, 0.29) is 12.1 Å². The van der Waals surface area contributed by atoms with Gasteiger partial charge in [-0.3, -0.25) is 0 Å². The molecule has 0 heterocycles. The van der Waals surface area contributed by atoms with Crippen molar-refractivity contribution in [1.29, 1.82) is 0 Å². The van der Waals surface area contributed by atoms with Crippen LogP contribution < -0.4 is 5.32 Å². The van der Waals surface area contributed by atoms with Crippen molar-refractivity contribution < 1.29 is 4.74 Å². The summed E-state index contributed by atoms with van der Waals surface area (Å²) in [5.74, 6) is 0. The molecule has 0 spiro atoms. The van der Waals surface area contributed by atoms with Crippen molar-refractivity contribution in [2.45, 2.75) is 25.5 Å². The number of hydrogen-bond acceptors (Lipinski definition) is 2. The van der Waals surface area contributed by atoms with E-state index in [0.717, 1.165) is 13.0 Å². The summed E-state index contributed by atoms with van der Waals surface area (Å²) in [5, 5.41) is 3.66. The Balaban J connectivity index is 1.95. The maximum atomic E-state index is 5.35. The van der Waals surface area contributed by atoms with Gasteiger partial charge in [-0.2, -0.15) is 0 Å². The van der Waals surface area contributed by atoms with E-state index in [1.54, 1.807) is 7.11 Å². The third-order valence-corrected chi connectivity index (χ3v) is 4.12. The zero-order valence-electron chi connectivity index (χ0n) is 12.1. The fourth-order valence-corrected chi connectivity index (χ4v) is 2.91. The second-order valence-corrected chi connectivity index (χ2v) is 5.46. The Morgan fingerprint density at radius 3 is 2.15 bits per heavy atom. The van der Waals surface area contributed by atoms with Crippen molar-refractivity contribution in [3.8, 4) is 0 Å². The molecule has 0 saturated heterocycles. The lowest BCUT2D eigenvalue weighted by Crippen LogP contribution is -2.33. The standard InChI is InChI=1S/C18H21NO/c1-13(20-2)12-19-18-16-9-5-3-7-14(16)11-15-8-4-6-10-17(15)18/h3-10,13,18-19H,11-12H2,1-2H3. The average molecular weight is 267 g/mol. The summed E-state index contributed by atoms with van der Waals surface area (Å²) < 4.78 is 5.35. The second-order valence-electron chi connectivity index (χ2n) is 5.46. The van der Waals surface area contributed by atoms with Gasteiger partial charge < -0.3 is 10.1 Å². The zero-order chi connectivity index (χ0) is 13.9. The van der Waals surface area contributed by atoms with Gasteiger partial charge in [0.15, 0.2) is 0 Å². The van der Waals surface area contributed by atoms with Crippen molar-refractivity contribution in [3.63, 3.8) is 0 Å². The Kier molecular flexibility index (Phi) is 3.86. The maximum Gasteiger partial charge on any atom is 0.0667 e. The van der Waals surface area contributed by atoms with Crippen LogP contribution in [-0.4, -0.2) is 19.8 Å². The van der Waals surface area contributed by atoms with Crippen LogP contribution in [0, 0.1) is 0 Å². The van der Waals surface area contributed by atoms with Gasteiger partial charge in [0.2, 0.25) is 0 Å². The lowest BCUT2D eigenvalue weighted by atomic mass is 9.82. The number of rotatable bonds is 4. The van der Waals surface area contributed by atoms with Gasteiger partial charge >= 0.3 is 0 Å². The normalized spacial score (nSPS) is 15.5. The molecular weight excluding hydrogens is 246 g/mol. The highest BCUT2D eigenvalue weighted by molar-refractivity contribution is 5.48. The number of benzene rings is 2. The number of nitrogens with one attached hydrogen (secondary N) is 1. The summed E-state index contributed by atoms with van der Waals surface area (Å²) in [7, 11) is 1.76. The van der Waals surface area contributed by atoms with E-state index in [1.165, 1.54) is 22.3 Å². The Labute approximate surface area is 120 Å². The third-order valence-electron chi connectivity index (χ3n) is 4.12. The molecule has 2 heteroatoms. The smallest absolute Gasteiger partial charge is 0.0667 e. The summed E-state index contributed by atoms with van der Waals surface area (Å²) in [4.78, 5) is 0. The SMILES string of the molecule is COC(C)CNC1c2ccccc2Cc2ccccc21. The third kappa shape index (κ3) is 2.49. The predicted octanol–water partition coefficient (Wildman–Crippen LogP) is 3.30. The van der Waals surface area contributed by atoms with E-state index in [2.05, 4.69) is 60.8 Å². The molecule has 20 heavy (non-hydrogen) atoms. The van der Waals surface area contributed by atoms with Crippen molar-refractivity contribution in [3.05, 3.63) is 70.8 Å². The van der Waals surface area contributed by atoms with Gasteiger partial charge in [0.25, 0.3) is 0 Å². The predicted molar refractivity (Wildman–Crippen MR) is 82.0 cm³/mol. The van der Waals surface area contributed by atoms with E-state index in [1.807, 2.05) is 0 Å². The molecule has 1 N–H and O–H groups in total. The van der Waals surface area contributed by atoms with Crippen LogP contribution in [0.3, 0.4) is 0 Å². The first-order chi connectivity index (χ1) is 9.79. The summed E-state index contributed by atoms with van der Waals surface area (Å²) in [6, 6.07) is 17.7. The Bertz CT molecular complexity index is 548. The van der Waals surface area contributed by atoms with Crippen molar-refractivity contribution >= 4 is 0 Å². The van der Waals surface area contributed by atoms with Gasteiger partial charge in [0, 0.05) is 13.7 Å². The Morgan fingerprint density at radius 1 is 1.05 bits per heavy atom. The molecule has 2 aromatic rings. The van der Waals surface area contributed by atoms with Crippen LogP contribution in [0.1, 0.15) is 35.2 Å². The molecule has 0 radical (unpaired) electrons. The van der Waals surface area contributed by atoms with E-state index < -0.39 is 0 Å². The fourth-order valence-electron chi connectivity index (χ4n) is 2.91. The van der Waals surface area contributed by atoms with Crippen molar-refractivity contribution in [1.82, 2.24) is 5.32 Å². The quantitative estimate of drug-likeness (QED) is 0.917. The number of methoxy groups -OCH3 is 1. The average Bonchev–Trinajstić information content (AvgIpc) is 2.51. The molecule has 1 atom stereocenters. The van der Waals surface area contributed by atoms with Crippen LogP contribution in [-0.2, 0) is 11.2 Å². The summed E-state index contributed by atoms with van der Waals surface area (Å²) in [6.07, 6.45) is 1.25. The molecule has 1 aliphatic carbocycles. The van der Waals surface area contributed by atoms with Crippen LogP contribution in [0.5, 0.6) is 0 Å². The highest BCUT2D eigenvalue weighted by atomic mass is 16.5. The van der Waals surface area contributed by atoms with E-state index in [0.29, 0.717) is 0 Å². The minimum absolute atomic E-state index is 0.219. The maximum absolute atomic E-state index is 5.35. The van der Waals surface area contributed by atoms with Gasteiger partial charge in [0.05, 0.1) is 12.1 Å². The number of fused-ring (bicyclic) bond motifs is 2. The molecule has 0 amide bonds. The monoisotopic (exact) mass is 267 g/mol. The summed E-state index contributed by atoms with van der Waals surface area (Å²) >= 11 is 0. The molecule has 0 aliphatic heterocycles. The molecule has 2 aromatic carbocycles. The van der Waals surface area contributed by atoms with Crippen LogP contribution in [0.4, 0.5) is 0 Å². The molecule has 1 aliphatic rings. The zero-order valence-corrected chi connectivity index (χ0v) is 12.1. The van der Waals surface area contributed by atoms with Crippen LogP contribution in [0.2, 0.25) is 0 Å². The fraction of sp³-hybridized carbons (Fsp3) is 0.333. The molecule has 0 fully saturated rings.